The molecule has 0 saturated carbocycles. The highest BCUT2D eigenvalue weighted by atomic mass is 19.1. The first-order valence-electron chi connectivity index (χ1n) is 8.13. The number of amides is 1. The van der Waals surface area contributed by atoms with Crippen molar-refractivity contribution in [3.8, 4) is 17.2 Å². The number of aryl methyl sites for hydroxylation is 1. The molecule has 0 atom stereocenters. The fourth-order valence-electron chi connectivity index (χ4n) is 2.44. The second-order valence-corrected chi connectivity index (χ2v) is 5.67. The summed E-state index contributed by atoms with van der Waals surface area (Å²) in [4.78, 5) is 26.6. The van der Waals surface area contributed by atoms with Gasteiger partial charge in [0.1, 0.15) is 17.2 Å². The van der Waals surface area contributed by atoms with Gasteiger partial charge in [0.2, 0.25) is 12.4 Å². The van der Waals surface area contributed by atoms with Crippen LogP contribution < -0.4 is 20.3 Å². The van der Waals surface area contributed by atoms with Crippen LogP contribution in [0.2, 0.25) is 0 Å². The highest BCUT2D eigenvalue weighted by Gasteiger charge is 2.16. The van der Waals surface area contributed by atoms with E-state index in [2.05, 4.69) is 10.3 Å². The van der Waals surface area contributed by atoms with Gasteiger partial charge in [0.05, 0.1) is 5.56 Å². The molecule has 3 rings (SSSR count). The summed E-state index contributed by atoms with van der Waals surface area (Å²) in [5, 5.41) is 2.62. The number of para-hydroxylation sites is 1. The molecule has 27 heavy (non-hydrogen) atoms. The largest absolute Gasteiger partial charge is 0.463 e. The molecule has 6 nitrogen and oxygen atoms in total. The second-order valence-electron chi connectivity index (χ2n) is 5.67. The Kier molecular flexibility index (Phi) is 5.51. The summed E-state index contributed by atoms with van der Waals surface area (Å²) in [7, 11) is 0. The van der Waals surface area contributed by atoms with Gasteiger partial charge in [-0.25, -0.2) is 4.39 Å². The van der Waals surface area contributed by atoms with Crippen LogP contribution in [0.1, 0.15) is 15.9 Å². The van der Waals surface area contributed by atoms with Gasteiger partial charge in [-0.2, -0.15) is 0 Å². The minimum atomic E-state index is -1.02. The van der Waals surface area contributed by atoms with E-state index in [1.54, 1.807) is 12.1 Å². The molecule has 0 bridgehead atoms. The molecule has 0 aliphatic rings. The first kappa shape index (κ1) is 18.2. The Labute approximate surface area is 154 Å². The molecule has 0 fully saturated rings. The average molecular weight is 368 g/mol. The summed E-state index contributed by atoms with van der Waals surface area (Å²) >= 11 is 0. The van der Waals surface area contributed by atoms with Crippen LogP contribution in [0.15, 0.2) is 65.6 Å². The van der Waals surface area contributed by atoms with E-state index in [1.807, 2.05) is 25.1 Å². The maximum absolute atomic E-state index is 12.7. The van der Waals surface area contributed by atoms with Gasteiger partial charge in [0, 0.05) is 18.0 Å². The topological polar surface area (TPSA) is 80.4 Å². The van der Waals surface area contributed by atoms with Gasteiger partial charge in [0.25, 0.3) is 5.91 Å². The molecule has 1 aromatic heterocycles. The third-order valence-electron chi connectivity index (χ3n) is 3.76. The average Bonchev–Trinajstić information content (AvgIpc) is 2.65. The molecule has 138 valence electrons. The lowest BCUT2D eigenvalue weighted by atomic mass is 10.1. The highest BCUT2D eigenvalue weighted by Crippen LogP contribution is 2.31. The second kappa shape index (κ2) is 8.18. The number of ether oxygens (including phenoxy) is 2. The van der Waals surface area contributed by atoms with Gasteiger partial charge in [0.15, 0.2) is 0 Å². The minimum Gasteiger partial charge on any atom is -0.463 e. The summed E-state index contributed by atoms with van der Waals surface area (Å²) in [5.41, 5.74) is 1.01. The number of hydrogen-bond acceptors (Lipinski definition) is 4. The number of halogens is 1. The summed E-state index contributed by atoms with van der Waals surface area (Å²) in [6.07, 6.45) is 1.42. The number of pyridine rings is 1. The van der Waals surface area contributed by atoms with Crippen molar-refractivity contribution >= 4 is 11.6 Å². The Morgan fingerprint density at radius 1 is 1.11 bits per heavy atom. The molecule has 0 aliphatic heterocycles. The maximum atomic E-state index is 12.7. The SMILES string of the molecule is Cc1ccccc1Oc1ccc(OCF)cc1C(=O)Nc1cc[nH]c(=O)c1. The monoisotopic (exact) mass is 368 g/mol. The normalized spacial score (nSPS) is 10.3. The lowest BCUT2D eigenvalue weighted by Gasteiger charge is -2.14. The van der Waals surface area contributed by atoms with Gasteiger partial charge in [-0.1, -0.05) is 18.2 Å². The lowest BCUT2D eigenvalue weighted by Crippen LogP contribution is -2.15. The number of H-pyrrole nitrogens is 1. The summed E-state index contributed by atoms with van der Waals surface area (Å²) in [6, 6.07) is 14.6. The van der Waals surface area contributed by atoms with E-state index in [4.69, 9.17) is 9.47 Å². The van der Waals surface area contributed by atoms with E-state index in [9.17, 15) is 14.0 Å². The van der Waals surface area contributed by atoms with Crippen LogP contribution in [0.5, 0.6) is 17.2 Å². The Hall–Kier alpha value is -3.61. The number of benzene rings is 2. The number of aromatic amines is 1. The standard InChI is InChI=1S/C20H17FN2O4/c1-13-4-2-3-5-17(13)27-18-7-6-15(26-12-21)11-16(18)20(25)23-14-8-9-22-19(24)10-14/h2-11H,12H2,1H3,(H2,22,23,24,25). The zero-order valence-electron chi connectivity index (χ0n) is 14.5. The van der Waals surface area contributed by atoms with Crippen molar-refractivity contribution < 1.29 is 18.7 Å². The number of anilines is 1. The van der Waals surface area contributed by atoms with E-state index < -0.39 is 12.8 Å². The van der Waals surface area contributed by atoms with Crippen molar-refractivity contribution in [1.82, 2.24) is 4.98 Å². The Balaban J connectivity index is 1.95. The van der Waals surface area contributed by atoms with Gasteiger partial charge >= 0.3 is 0 Å². The maximum Gasteiger partial charge on any atom is 0.259 e. The lowest BCUT2D eigenvalue weighted by molar-refractivity contribution is 0.102. The first-order chi connectivity index (χ1) is 13.1. The molecule has 0 unspecified atom stereocenters. The number of aromatic nitrogens is 1. The first-order valence-corrected chi connectivity index (χ1v) is 8.13. The van der Waals surface area contributed by atoms with Crippen molar-refractivity contribution in [2.75, 3.05) is 12.2 Å². The molecular formula is C20H17FN2O4. The Morgan fingerprint density at radius 2 is 1.93 bits per heavy atom. The van der Waals surface area contributed by atoms with Gasteiger partial charge in [-0.05, 0) is 42.8 Å². The van der Waals surface area contributed by atoms with Crippen molar-refractivity contribution in [2.45, 2.75) is 6.92 Å². The van der Waals surface area contributed by atoms with Gasteiger partial charge in [-0.3, -0.25) is 9.59 Å². The van der Waals surface area contributed by atoms with Gasteiger partial charge < -0.3 is 19.8 Å². The molecule has 1 heterocycles. The molecule has 3 aromatic rings. The van der Waals surface area contributed by atoms with Crippen LogP contribution in [0, 0.1) is 6.92 Å². The predicted octanol–water partition coefficient (Wildman–Crippen LogP) is 4.03. The number of hydrogen-bond donors (Lipinski definition) is 2. The predicted molar refractivity (Wildman–Crippen MR) is 99.3 cm³/mol. The van der Waals surface area contributed by atoms with Gasteiger partial charge in [-0.15, -0.1) is 0 Å². The van der Waals surface area contributed by atoms with Crippen LogP contribution in [0.25, 0.3) is 0 Å². The number of nitrogens with one attached hydrogen (secondary N) is 2. The molecule has 0 aliphatic carbocycles. The molecule has 2 N–H and O–H groups in total. The molecular weight excluding hydrogens is 351 g/mol. The van der Waals surface area contributed by atoms with E-state index in [-0.39, 0.29) is 22.6 Å². The van der Waals surface area contributed by atoms with Crippen molar-refractivity contribution in [3.63, 3.8) is 0 Å². The zero-order valence-corrected chi connectivity index (χ0v) is 14.5. The number of carbonyl (C=O) groups excluding carboxylic acids is 1. The van der Waals surface area contributed by atoms with Crippen LogP contribution in [0.3, 0.4) is 0 Å². The number of alkyl halides is 1. The van der Waals surface area contributed by atoms with Crippen molar-refractivity contribution in [3.05, 3.63) is 82.3 Å². The molecule has 0 spiro atoms. The Morgan fingerprint density at radius 3 is 2.67 bits per heavy atom. The molecule has 2 aromatic carbocycles. The van der Waals surface area contributed by atoms with Crippen LogP contribution in [-0.2, 0) is 0 Å². The van der Waals surface area contributed by atoms with E-state index in [1.165, 1.54) is 30.5 Å². The van der Waals surface area contributed by atoms with E-state index >= 15 is 0 Å². The van der Waals surface area contributed by atoms with E-state index in [0.29, 0.717) is 11.4 Å². The smallest absolute Gasteiger partial charge is 0.259 e. The fraction of sp³-hybridized carbons (Fsp3) is 0.100. The van der Waals surface area contributed by atoms with E-state index in [0.717, 1.165) is 5.56 Å². The zero-order chi connectivity index (χ0) is 19.2. The summed E-state index contributed by atoms with van der Waals surface area (Å²) < 4.78 is 23.2. The van der Waals surface area contributed by atoms with Crippen LogP contribution in [-0.4, -0.2) is 17.8 Å². The summed E-state index contributed by atoms with van der Waals surface area (Å²) in [6.45, 7) is 0.860. The van der Waals surface area contributed by atoms with Crippen LogP contribution in [0.4, 0.5) is 10.1 Å². The summed E-state index contributed by atoms with van der Waals surface area (Å²) in [5.74, 6) is 0.527. The number of rotatable bonds is 6. The van der Waals surface area contributed by atoms with Crippen molar-refractivity contribution in [1.29, 1.82) is 0 Å². The number of carbonyl (C=O) groups is 1. The van der Waals surface area contributed by atoms with Crippen LogP contribution >= 0.6 is 0 Å². The highest BCUT2D eigenvalue weighted by molar-refractivity contribution is 6.06. The third-order valence-corrected chi connectivity index (χ3v) is 3.76. The van der Waals surface area contributed by atoms with Crippen molar-refractivity contribution in [2.24, 2.45) is 0 Å². The molecule has 0 saturated heterocycles. The fourth-order valence-corrected chi connectivity index (χ4v) is 2.44. The Bertz CT molecular complexity index is 1020. The quantitative estimate of drug-likeness (QED) is 0.688. The molecule has 0 radical (unpaired) electrons. The minimum absolute atomic E-state index is 0.143. The third kappa shape index (κ3) is 4.52. The molecule has 7 heteroatoms. The molecule has 1 amide bonds.